The Morgan fingerprint density at radius 2 is 1.58 bits per heavy atom. The summed E-state index contributed by atoms with van der Waals surface area (Å²) >= 11 is 0. The lowest BCUT2D eigenvalue weighted by Gasteiger charge is -2.34. The molecule has 178 valence electrons. The zero-order valence-electron chi connectivity index (χ0n) is 17.9. The van der Waals surface area contributed by atoms with Gasteiger partial charge in [-0.05, 0) is 42.8 Å². The Bertz CT molecular complexity index is 1110. The number of benzene rings is 2. The maximum Gasteiger partial charge on any atom is 0.416 e. The molecule has 0 saturated carbocycles. The van der Waals surface area contributed by atoms with Crippen molar-refractivity contribution in [1.82, 2.24) is 14.5 Å². The number of nitrogens with one attached hydrogen (secondary N) is 1. The first-order valence-electron chi connectivity index (χ1n) is 10.3. The standard InChI is InChI=1S/C22H24F3N3O4S/c1-16-4-2-3-5-19(16)21(30)26-11-10-20(29)27-12-14-28(15-13-27)33(31,32)18-8-6-17(7-9-18)22(23,24)25/h2-9H,10-15H2,1H3,(H,26,30). The molecular formula is C22H24F3N3O4S. The molecule has 0 atom stereocenters. The largest absolute Gasteiger partial charge is 0.416 e. The van der Waals surface area contributed by atoms with Crippen molar-refractivity contribution in [3.63, 3.8) is 0 Å². The number of nitrogens with zero attached hydrogens (tertiary/aromatic N) is 2. The van der Waals surface area contributed by atoms with Crippen molar-refractivity contribution >= 4 is 21.8 Å². The van der Waals surface area contributed by atoms with Crippen LogP contribution in [-0.2, 0) is 21.0 Å². The van der Waals surface area contributed by atoms with Crippen LogP contribution in [0.2, 0.25) is 0 Å². The summed E-state index contributed by atoms with van der Waals surface area (Å²) in [6, 6.07) is 10.4. The second-order valence-corrected chi connectivity index (χ2v) is 9.57. The van der Waals surface area contributed by atoms with Gasteiger partial charge in [0.2, 0.25) is 15.9 Å². The fourth-order valence-corrected chi connectivity index (χ4v) is 4.93. The minimum absolute atomic E-state index is 0.0324. The Balaban J connectivity index is 1.50. The van der Waals surface area contributed by atoms with Gasteiger partial charge in [-0.15, -0.1) is 0 Å². The lowest BCUT2D eigenvalue weighted by atomic mass is 10.1. The topological polar surface area (TPSA) is 86.8 Å². The quantitative estimate of drug-likeness (QED) is 0.685. The Morgan fingerprint density at radius 1 is 0.970 bits per heavy atom. The molecule has 33 heavy (non-hydrogen) atoms. The third-order valence-corrected chi connectivity index (χ3v) is 7.34. The number of piperazine rings is 1. The van der Waals surface area contributed by atoms with Crippen molar-refractivity contribution < 1.29 is 31.2 Å². The Labute approximate surface area is 190 Å². The highest BCUT2D eigenvalue weighted by Gasteiger charge is 2.33. The third kappa shape index (κ3) is 5.91. The van der Waals surface area contributed by atoms with E-state index in [1.165, 1.54) is 4.90 Å². The fourth-order valence-electron chi connectivity index (χ4n) is 3.51. The molecule has 1 saturated heterocycles. The molecule has 0 aliphatic carbocycles. The van der Waals surface area contributed by atoms with Gasteiger partial charge in [0.05, 0.1) is 10.5 Å². The van der Waals surface area contributed by atoms with E-state index >= 15 is 0 Å². The molecule has 0 bridgehead atoms. The van der Waals surface area contributed by atoms with Gasteiger partial charge in [0.1, 0.15) is 0 Å². The number of hydrogen-bond donors (Lipinski definition) is 1. The second-order valence-electron chi connectivity index (χ2n) is 7.63. The minimum Gasteiger partial charge on any atom is -0.352 e. The van der Waals surface area contributed by atoms with E-state index in [0.717, 1.165) is 34.1 Å². The van der Waals surface area contributed by atoms with Gasteiger partial charge in [-0.3, -0.25) is 9.59 Å². The second kappa shape index (κ2) is 9.92. The van der Waals surface area contributed by atoms with Crippen molar-refractivity contribution in [1.29, 1.82) is 0 Å². The Kier molecular flexibility index (Phi) is 7.43. The van der Waals surface area contributed by atoms with Crippen LogP contribution in [0.1, 0.15) is 27.9 Å². The molecule has 3 rings (SSSR count). The molecule has 2 aromatic carbocycles. The SMILES string of the molecule is Cc1ccccc1C(=O)NCCC(=O)N1CCN(S(=O)(=O)c2ccc(C(F)(F)F)cc2)CC1. The zero-order valence-corrected chi connectivity index (χ0v) is 18.7. The van der Waals surface area contributed by atoms with Crippen molar-refractivity contribution in [2.45, 2.75) is 24.4 Å². The van der Waals surface area contributed by atoms with E-state index in [9.17, 15) is 31.2 Å². The lowest BCUT2D eigenvalue weighted by molar-refractivity contribution is -0.137. The fraction of sp³-hybridized carbons (Fsp3) is 0.364. The van der Waals surface area contributed by atoms with Crippen LogP contribution in [0, 0.1) is 6.92 Å². The number of carbonyl (C=O) groups is 2. The van der Waals surface area contributed by atoms with E-state index in [1.807, 2.05) is 19.1 Å². The molecule has 0 spiro atoms. The molecule has 0 unspecified atom stereocenters. The molecule has 2 amide bonds. The van der Waals surface area contributed by atoms with Gasteiger partial charge in [-0.1, -0.05) is 18.2 Å². The van der Waals surface area contributed by atoms with Crippen LogP contribution in [0.5, 0.6) is 0 Å². The maximum atomic E-state index is 12.7. The van der Waals surface area contributed by atoms with Crippen molar-refractivity contribution in [3.8, 4) is 0 Å². The zero-order chi connectivity index (χ0) is 24.2. The van der Waals surface area contributed by atoms with Crippen LogP contribution in [0.3, 0.4) is 0 Å². The van der Waals surface area contributed by atoms with E-state index in [2.05, 4.69) is 5.32 Å². The summed E-state index contributed by atoms with van der Waals surface area (Å²) in [7, 11) is -3.97. The summed E-state index contributed by atoms with van der Waals surface area (Å²) in [5.41, 5.74) is 0.435. The number of rotatable bonds is 6. The maximum absolute atomic E-state index is 12.7. The third-order valence-electron chi connectivity index (χ3n) is 5.42. The predicted octanol–water partition coefficient (Wildman–Crippen LogP) is 2.67. The van der Waals surface area contributed by atoms with Gasteiger partial charge >= 0.3 is 6.18 Å². The first kappa shape index (κ1) is 24.7. The molecule has 1 aliphatic heterocycles. The van der Waals surface area contributed by atoms with E-state index in [-0.39, 0.29) is 55.9 Å². The summed E-state index contributed by atoms with van der Waals surface area (Å²) in [5, 5.41) is 2.71. The predicted molar refractivity (Wildman–Crippen MR) is 115 cm³/mol. The van der Waals surface area contributed by atoms with Crippen molar-refractivity contribution in [3.05, 3.63) is 65.2 Å². The monoisotopic (exact) mass is 483 g/mol. The number of sulfonamides is 1. The van der Waals surface area contributed by atoms with E-state index in [1.54, 1.807) is 12.1 Å². The van der Waals surface area contributed by atoms with Crippen LogP contribution in [0.15, 0.2) is 53.4 Å². The summed E-state index contributed by atoms with van der Waals surface area (Å²) in [6.45, 7) is 2.35. The summed E-state index contributed by atoms with van der Waals surface area (Å²) < 4.78 is 64.7. The van der Waals surface area contributed by atoms with Crippen LogP contribution in [0.25, 0.3) is 0 Å². The average molecular weight is 484 g/mol. The van der Waals surface area contributed by atoms with Crippen molar-refractivity contribution in [2.75, 3.05) is 32.7 Å². The summed E-state index contributed by atoms with van der Waals surface area (Å²) in [4.78, 5) is 25.9. The number of aryl methyl sites for hydroxylation is 1. The number of amides is 2. The van der Waals surface area contributed by atoms with Crippen LogP contribution < -0.4 is 5.32 Å². The van der Waals surface area contributed by atoms with Gasteiger partial charge in [0, 0.05) is 44.7 Å². The van der Waals surface area contributed by atoms with Crippen LogP contribution in [-0.4, -0.2) is 62.2 Å². The molecule has 1 heterocycles. The number of alkyl halides is 3. The molecule has 1 N–H and O–H groups in total. The molecule has 0 aromatic heterocycles. The number of halogens is 3. The lowest BCUT2D eigenvalue weighted by Crippen LogP contribution is -2.50. The minimum atomic E-state index is -4.55. The first-order valence-corrected chi connectivity index (χ1v) is 11.7. The molecule has 2 aromatic rings. The molecule has 0 radical (unpaired) electrons. The Morgan fingerprint density at radius 3 is 2.15 bits per heavy atom. The van der Waals surface area contributed by atoms with Crippen LogP contribution >= 0.6 is 0 Å². The van der Waals surface area contributed by atoms with Gasteiger partial charge in [0.25, 0.3) is 5.91 Å². The molecular weight excluding hydrogens is 459 g/mol. The highest BCUT2D eigenvalue weighted by molar-refractivity contribution is 7.89. The van der Waals surface area contributed by atoms with Gasteiger partial charge in [-0.2, -0.15) is 17.5 Å². The molecule has 1 fully saturated rings. The highest BCUT2D eigenvalue weighted by atomic mass is 32.2. The van der Waals surface area contributed by atoms with Gasteiger partial charge in [0.15, 0.2) is 0 Å². The highest BCUT2D eigenvalue weighted by Crippen LogP contribution is 2.30. The number of carbonyl (C=O) groups excluding carboxylic acids is 2. The Hall–Kier alpha value is -2.92. The number of hydrogen-bond acceptors (Lipinski definition) is 4. The molecule has 1 aliphatic rings. The normalized spacial score (nSPS) is 15.3. The van der Waals surface area contributed by atoms with E-state index in [4.69, 9.17) is 0 Å². The average Bonchev–Trinajstić information content (AvgIpc) is 2.78. The van der Waals surface area contributed by atoms with Crippen LogP contribution in [0.4, 0.5) is 13.2 Å². The van der Waals surface area contributed by atoms with Crippen molar-refractivity contribution in [2.24, 2.45) is 0 Å². The first-order chi connectivity index (χ1) is 15.5. The summed E-state index contributed by atoms with van der Waals surface area (Å²) in [6.07, 6.45) is -4.48. The van der Waals surface area contributed by atoms with Gasteiger partial charge < -0.3 is 10.2 Å². The summed E-state index contributed by atoms with van der Waals surface area (Å²) in [5.74, 6) is -0.486. The van der Waals surface area contributed by atoms with E-state index in [0.29, 0.717) is 5.56 Å². The van der Waals surface area contributed by atoms with Gasteiger partial charge in [-0.25, -0.2) is 8.42 Å². The molecule has 7 nitrogen and oxygen atoms in total. The van der Waals surface area contributed by atoms with E-state index < -0.39 is 21.8 Å². The smallest absolute Gasteiger partial charge is 0.352 e. The molecule has 11 heteroatoms.